The van der Waals surface area contributed by atoms with Crippen molar-refractivity contribution in [1.82, 2.24) is 10.3 Å². The predicted molar refractivity (Wildman–Crippen MR) is 106 cm³/mol. The number of carbonyl (C=O) groups is 1. The minimum atomic E-state index is -0.384. The number of primary amides is 1. The standard InChI is InChI=1S/C22H23N3O/c23-22(26)17-7-9-21-20(13-17)18(14-25-21)6-8-19-12-16(10-11-24-19)15-4-2-1-3-5-15/h1-5,7,9-10,13-14,19,24-25H,6,8,11-12H2,(H2,23,26). The highest BCUT2D eigenvalue weighted by Crippen LogP contribution is 2.26. The van der Waals surface area contributed by atoms with Gasteiger partial charge >= 0.3 is 0 Å². The van der Waals surface area contributed by atoms with Gasteiger partial charge in [-0.05, 0) is 54.2 Å². The number of nitrogens with two attached hydrogens (primary N) is 1. The molecule has 1 atom stereocenters. The summed E-state index contributed by atoms with van der Waals surface area (Å²) in [6, 6.07) is 16.6. The maximum absolute atomic E-state index is 11.4. The Morgan fingerprint density at radius 2 is 2.00 bits per heavy atom. The van der Waals surface area contributed by atoms with Crippen molar-refractivity contribution < 1.29 is 4.79 Å². The van der Waals surface area contributed by atoms with Gasteiger partial charge in [0, 0.05) is 35.2 Å². The molecule has 4 rings (SSSR count). The zero-order valence-electron chi connectivity index (χ0n) is 14.7. The van der Waals surface area contributed by atoms with Gasteiger partial charge < -0.3 is 16.0 Å². The Hall–Kier alpha value is -2.85. The fraction of sp³-hybridized carbons (Fsp3) is 0.227. The van der Waals surface area contributed by atoms with Crippen molar-refractivity contribution in [3.63, 3.8) is 0 Å². The Morgan fingerprint density at radius 3 is 2.81 bits per heavy atom. The Labute approximate surface area is 153 Å². The van der Waals surface area contributed by atoms with Crippen molar-refractivity contribution in [2.45, 2.75) is 25.3 Å². The molecule has 0 saturated carbocycles. The van der Waals surface area contributed by atoms with Crippen LogP contribution in [0.4, 0.5) is 0 Å². The van der Waals surface area contributed by atoms with Crippen LogP contribution in [0.3, 0.4) is 0 Å². The number of nitrogens with one attached hydrogen (secondary N) is 2. The first-order valence-corrected chi connectivity index (χ1v) is 9.08. The van der Waals surface area contributed by atoms with E-state index in [0.717, 1.165) is 36.7 Å². The van der Waals surface area contributed by atoms with Gasteiger partial charge in [0.05, 0.1) is 0 Å². The second kappa shape index (κ2) is 7.18. The third kappa shape index (κ3) is 3.41. The Morgan fingerprint density at radius 1 is 1.15 bits per heavy atom. The van der Waals surface area contributed by atoms with Gasteiger partial charge in [0.2, 0.25) is 5.91 Å². The molecule has 1 aliphatic rings. The van der Waals surface area contributed by atoms with Crippen LogP contribution >= 0.6 is 0 Å². The Bertz CT molecular complexity index is 956. The van der Waals surface area contributed by atoms with Crippen molar-refractivity contribution in [2.24, 2.45) is 5.73 Å². The van der Waals surface area contributed by atoms with E-state index >= 15 is 0 Å². The minimum absolute atomic E-state index is 0.384. The van der Waals surface area contributed by atoms with Crippen molar-refractivity contribution in [3.05, 3.63) is 77.5 Å². The molecule has 2 aromatic carbocycles. The largest absolute Gasteiger partial charge is 0.366 e. The van der Waals surface area contributed by atoms with E-state index in [2.05, 4.69) is 46.7 Å². The van der Waals surface area contributed by atoms with Gasteiger partial charge in [-0.2, -0.15) is 0 Å². The van der Waals surface area contributed by atoms with E-state index in [0.29, 0.717) is 11.6 Å². The van der Waals surface area contributed by atoms with Crippen LogP contribution in [0.2, 0.25) is 0 Å². The minimum Gasteiger partial charge on any atom is -0.366 e. The number of aryl methyl sites for hydroxylation is 1. The second-order valence-corrected chi connectivity index (χ2v) is 6.88. The number of aromatic amines is 1. The van der Waals surface area contributed by atoms with Crippen LogP contribution in [0, 0.1) is 0 Å². The zero-order valence-corrected chi connectivity index (χ0v) is 14.7. The Balaban J connectivity index is 1.46. The van der Waals surface area contributed by atoms with Crippen LogP contribution in [0.5, 0.6) is 0 Å². The van der Waals surface area contributed by atoms with Gasteiger partial charge in [-0.25, -0.2) is 0 Å². The van der Waals surface area contributed by atoms with E-state index in [1.165, 1.54) is 16.7 Å². The average Bonchev–Trinajstić information content (AvgIpc) is 3.09. The number of aromatic nitrogens is 1. The molecule has 4 heteroatoms. The number of hydrogen-bond donors (Lipinski definition) is 3. The number of benzene rings is 2. The van der Waals surface area contributed by atoms with E-state index in [1.54, 1.807) is 6.07 Å². The van der Waals surface area contributed by atoms with Crippen LogP contribution < -0.4 is 11.1 Å². The summed E-state index contributed by atoms with van der Waals surface area (Å²) < 4.78 is 0. The maximum Gasteiger partial charge on any atom is 0.248 e. The first-order chi connectivity index (χ1) is 12.7. The molecule has 2 heterocycles. The molecule has 0 aliphatic carbocycles. The predicted octanol–water partition coefficient (Wildman–Crippen LogP) is 3.64. The molecule has 132 valence electrons. The highest BCUT2D eigenvalue weighted by atomic mass is 16.1. The highest BCUT2D eigenvalue weighted by Gasteiger charge is 2.17. The maximum atomic E-state index is 11.4. The lowest BCUT2D eigenvalue weighted by atomic mass is 9.92. The van der Waals surface area contributed by atoms with Crippen LogP contribution in [0.1, 0.15) is 34.3 Å². The van der Waals surface area contributed by atoms with Crippen molar-refractivity contribution in [3.8, 4) is 0 Å². The van der Waals surface area contributed by atoms with E-state index in [-0.39, 0.29) is 5.91 Å². The summed E-state index contributed by atoms with van der Waals surface area (Å²) in [6.07, 6.45) is 7.39. The summed E-state index contributed by atoms with van der Waals surface area (Å²) in [5, 5.41) is 4.69. The Kier molecular flexibility index (Phi) is 4.59. The quantitative estimate of drug-likeness (QED) is 0.660. The van der Waals surface area contributed by atoms with Gasteiger partial charge in [0.1, 0.15) is 0 Å². The summed E-state index contributed by atoms with van der Waals surface area (Å²) >= 11 is 0. The monoisotopic (exact) mass is 345 g/mol. The summed E-state index contributed by atoms with van der Waals surface area (Å²) in [7, 11) is 0. The molecule has 1 amide bonds. The summed E-state index contributed by atoms with van der Waals surface area (Å²) in [5.41, 5.74) is 11.0. The van der Waals surface area contributed by atoms with Gasteiger partial charge in [0.15, 0.2) is 0 Å². The molecule has 1 aromatic heterocycles. The molecule has 4 nitrogen and oxygen atoms in total. The molecule has 0 saturated heterocycles. The van der Waals surface area contributed by atoms with Gasteiger partial charge in [-0.3, -0.25) is 4.79 Å². The number of rotatable bonds is 5. The molecular weight excluding hydrogens is 322 g/mol. The van der Waals surface area contributed by atoms with Gasteiger partial charge in [-0.15, -0.1) is 0 Å². The number of H-pyrrole nitrogens is 1. The summed E-state index contributed by atoms with van der Waals surface area (Å²) in [5.74, 6) is -0.384. The molecule has 26 heavy (non-hydrogen) atoms. The second-order valence-electron chi connectivity index (χ2n) is 6.88. The third-order valence-corrected chi connectivity index (χ3v) is 5.18. The molecule has 4 N–H and O–H groups in total. The van der Waals surface area contributed by atoms with Crippen molar-refractivity contribution in [1.29, 1.82) is 0 Å². The first kappa shape index (κ1) is 16.6. The fourth-order valence-electron chi connectivity index (χ4n) is 3.73. The van der Waals surface area contributed by atoms with Crippen LogP contribution in [0.25, 0.3) is 16.5 Å². The first-order valence-electron chi connectivity index (χ1n) is 9.08. The zero-order chi connectivity index (χ0) is 17.9. The van der Waals surface area contributed by atoms with Crippen molar-refractivity contribution >= 4 is 22.4 Å². The van der Waals surface area contributed by atoms with Crippen molar-refractivity contribution in [2.75, 3.05) is 6.54 Å². The third-order valence-electron chi connectivity index (χ3n) is 5.18. The van der Waals surface area contributed by atoms with E-state index in [9.17, 15) is 4.79 Å². The number of amides is 1. The molecule has 0 bridgehead atoms. The fourth-order valence-corrected chi connectivity index (χ4v) is 3.73. The topological polar surface area (TPSA) is 70.9 Å². The smallest absolute Gasteiger partial charge is 0.248 e. The van der Waals surface area contributed by atoms with Gasteiger partial charge in [-0.1, -0.05) is 36.4 Å². The summed E-state index contributed by atoms with van der Waals surface area (Å²) in [6.45, 7) is 0.911. The highest BCUT2D eigenvalue weighted by molar-refractivity contribution is 5.97. The lowest BCUT2D eigenvalue weighted by Gasteiger charge is -2.24. The molecule has 0 radical (unpaired) electrons. The summed E-state index contributed by atoms with van der Waals surface area (Å²) in [4.78, 5) is 14.7. The van der Waals surface area contributed by atoms with Crippen LogP contribution in [-0.2, 0) is 6.42 Å². The van der Waals surface area contributed by atoms with Crippen LogP contribution in [0.15, 0.2) is 60.8 Å². The molecule has 3 aromatic rings. The molecule has 0 spiro atoms. The van der Waals surface area contributed by atoms with E-state index in [4.69, 9.17) is 5.73 Å². The normalized spacial score (nSPS) is 17.2. The molecule has 1 unspecified atom stereocenters. The SMILES string of the molecule is NC(=O)c1ccc2[nH]cc(CCC3CC(c4ccccc4)=CCN3)c2c1. The van der Waals surface area contributed by atoms with Gasteiger partial charge in [0.25, 0.3) is 0 Å². The molecule has 0 fully saturated rings. The lowest BCUT2D eigenvalue weighted by Crippen LogP contribution is -2.33. The number of fused-ring (bicyclic) bond motifs is 1. The number of hydrogen-bond acceptors (Lipinski definition) is 2. The van der Waals surface area contributed by atoms with E-state index < -0.39 is 0 Å². The molecule has 1 aliphatic heterocycles. The number of carbonyl (C=O) groups excluding carboxylic acids is 1. The van der Waals surface area contributed by atoms with E-state index in [1.807, 2.05) is 18.3 Å². The van der Waals surface area contributed by atoms with Crippen LogP contribution in [-0.4, -0.2) is 23.5 Å². The lowest BCUT2D eigenvalue weighted by molar-refractivity contribution is 0.100. The molecular formula is C22H23N3O. The average molecular weight is 345 g/mol.